The molecule has 2 rings (SSSR count). The molecule has 0 aliphatic rings. The van der Waals surface area contributed by atoms with Crippen molar-refractivity contribution in [1.29, 1.82) is 5.26 Å². The molecule has 1 atom stereocenters. The first kappa shape index (κ1) is 15.8. The maximum atomic E-state index is 12.7. The smallest absolute Gasteiger partial charge is 0.294 e. The van der Waals surface area contributed by atoms with E-state index in [9.17, 15) is 23.2 Å². The normalized spacial score (nSPS) is 12.5. The number of nitrogens with zero attached hydrogens (tertiary/aromatic N) is 1. The Labute approximate surface area is 125 Å². The topological polar surface area (TPSA) is 40.9 Å². The van der Waals surface area contributed by atoms with Gasteiger partial charge in [-0.25, -0.2) is 0 Å². The number of halogens is 3. The van der Waals surface area contributed by atoms with Crippen LogP contribution in [0.4, 0.5) is 13.2 Å². The van der Waals surface area contributed by atoms with Crippen LogP contribution in [0.5, 0.6) is 0 Å². The summed E-state index contributed by atoms with van der Waals surface area (Å²) in [4.78, 5) is 12.1. The summed E-state index contributed by atoms with van der Waals surface area (Å²) in [5.74, 6) is -1.16. The highest BCUT2D eigenvalue weighted by Gasteiger charge is 2.31. The van der Waals surface area contributed by atoms with Crippen molar-refractivity contribution in [2.45, 2.75) is 18.5 Å². The van der Waals surface area contributed by atoms with Gasteiger partial charge in [-0.15, -0.1) is 0 Å². The van der Waals surface area contributed by atoms with Crippen molar-refractivity contribution in [3.63, 3.8) is 0 Å². The lowest BCUT2D eigenvalue weighted by Gasteiger charge is -2.10. The summed E-state index contributed by atoms with van der Waals surface area (Å²) in [6.07, 6.45) is -4.65. The number of carbonyl (C=O) groups is 1. The van der Waals surface area contributed by atoms with E-state index in [-0.39, 0.29) is 12.0 Å². The highest BCUT2D eigenvalue weighted by Crippen LogP contribution is 2.30. The Morgan fingerprint density at radius 2 is 1.77 bits per heavy atom. The molecule has 0 aliphatic carbocycles. The van der Waals surface area contributed by atoms with Crippen LogP contribution in [0, 0.1) is 11.3 Å². The molecule has 0 N–H and O–H groups in total. The maximum Gasteiger partial charge on any atom is 0.416 e. The van der Waals surface area contributed by atoms with E-state index in [0.717, 1.165) is 12.1 Å². The largest absolute Gasteiger partial charge is 0.416 e. The molecule has 1 unspecified atom stereocenters. The second-order valence-electron chi connectivity index (χ2n) is 4.80. The Bertz CT molecular complexity index is 702. The average Bonchev–Trinajstić information content (AvgIpc) is 2.52. The van der Waals surface area contributed by atoms with Crippen molar-refractivity contribution in [1.82, 2.24) is 0 Å². The first-order valence-corrected chi connectivity index (χ1v) is 6.57. The average molecular weight is 303 g/mol. The van der Waals surface area contributed by atoms with Crippen molar-refractivity contribution in [3.8, 4) is 6.07 Å². The lowest BCUT2D eigenvalue weighted by Crippen LogP contribution is -2.09. The first-order chi connectivity index (χ1) is 10.4. The monoisotopic (exact) mass is 303 g/mol. The molecule has 2 aromatic carbocycles. The molecule has 112 valence electrons. The maximum absolute atomic E-state index is 12.7. The standard InChI is InChI=1S/C17H12F3NO/c18-17(19,20)15-8-4-7-13(9-15)16(22)10-14(11-21)12-5-2-1-3-6-12/h1-9,14H,10H2. The van der Waals surface area contributed by atoms with Gasteiger partial charge in [0.1, 0.15) is 0 Å². The number of carbonyl (C=O) groups excluding carboxylic acids is 1. The van der Waals surface area contributed by atoms with Crippen LogP contribution in [0.1, 0.15) is 33.8 Å². The van der Waals surface area contributed by atoms with E-state index in [1.165, 1.54) is 12.1 Å². The van der Waals surface area contributed by atoms with Gasteiger partial charge in [0.2, 0.25) is 0 Å². The van der Waals surface area contributed by atoms with Crippen molar-refractivity contribution < 1.29 is 18.0 Å². The van der Waals surface area contributed by atoms with Crippen LogP contribution in [-0.4, -0.2) is 5.78 Å². The zero-order valence-corrected chi connectivity index (χ0v) is 11.5. The number of hydrogen-bond donors (Lipinski definition) is 0. The number of benzene rings is 2. The summed E-state index contributed by atoms with van der Waals surface area (Å²) in [7, 11) is 0. The third kappa shape index (κ3) is 3.73. The molecule has 0 saturated heterocycles. The van der Waals surface area contributed by atoms with Crippen molar-refractivity contribution in [2.75, 3.05) is 0 Å². The van der Waals surface area contributed by atoms with E-state index >= 15 is 0 Å². The fourth-order valence-electron chi connectivity index (χ4n) is 2.10. The molecule has 0 aliphatic heterocycles. The van der Waals surface area contributed by atoms with Gasteiger partial charge in [0.15, 0.2) is 5.78 Å². The number of Topliss-reactive ketones (excluding diaryl/α,β-unsaturated/α-hetero) is 1. The summed E-state index contributed by atoms with van der Waals surface area (Å²) in [6.45, 7) is 0. The fraction of sp³-hybridized carbons (Fsp3) is 0.176. The van der Waals surface area contributed by atoms with Crippen LogP contribution >= 0.6 is 0 Å². The second-order valence-corrected chi connectivity index (χ2v) is 4.80. The molecule has 2 aromatic rings. The molecule has 22 heavy (non-hydrogen) atoms. The zero-order valence-electron chi connectivity index (χ0n) is 11.5. The predicted octanol–water partition coefficient (Wildman–Crippen LogP) is 4.59. The fourth-order valence-corrected chi connectivity index (χ4v) is 2.10. The summed E-state index contributed by atoms with van der Waals surface area (Å²) < 4.78 is 38.0. The Balaban J connectivity index is 2.20. The van der Waals surface area contributed by atoms with Crippen LogP contribution in [0.2, 0.25) is 0 Å². The Morgan fingerprint density at radius 1 is 1.09 bits per heavy atom. The van der Waals surface area contributed by atoms with Crippen molar-refractivity contribution >= 4 is 5.78 Å². The van der Waals surface area contributed by atoms with Crippen LogP contribution in [0.15, 0.2) is 54.6 Å². The minimum Gasteiger partial charge on any atom is -0.294 e. The molecular formula is C17H12F3NO. The number of rotatable bonds is 4. The van der Waals surface area contributed by atoms with E-state index in [1.54, 1.807) is 30.3 Å². The van der Waals surface area contributed by atoms with Crippen LogP contribution < -0.4 is 0 Å². The van der Waals surface area contributed by atoms with Crippen LogP contribution in [0.25, 0.3) is 0 Å². The lowest BCUT2D eigenvalue weighted by atomic mass is 9.92. The number of ketones is 1. The van der Waals surface area contributed by atoms with Gasteiger partial charge in [0.25, 0.3) is 0 Å². The third-order valence-electron chi connectivity index (χ3n) is 3.26. The van der Waals surface area contributed by atoms with Gasteiger partial charge in [0, 0.05) is 12.0 Å². The molecule has 0 bridgehead atoms. The predicted molar refractivity (Wildman–Crippen MR) is 75.2 cm³/mol. The molecule has 0 radical (unpaired) electrons. The van der Waals surface area contributed by atoms with Crippen molar-refractivity contribution in [3.05, 3.63) is 71.3 Å². The van der Waals surface area contributed by atoms with Gasteiger partial charge < -0.3 is 0 Å². The van der Waals surface area contributed by atoms with Gasteiger partial charge in [-0.05, 0) is 17.7 Å². The first-order valence-electron chi connectivity index (χ1n) is 6.57. The zero-order chi connectivity index (χ0) is 16.2. The number of nitriles is 1. The highest BCUT2D eigenvalue weighted by atomic mass is 19.4. The molecule has 0 fully saturated rings. The molecule has 0 amide bonds. The molecule has 0 heterocycles. The van der Waals surface area contributed by atoms with Gasteiger partial charge in [-0.2, -0.15) is 18.4 Å². The minimum absolute atomic E-state index is 0.0361. The minimum atomic E-state index is -4.50. The SMILES string of the molecule is N#CC(CC(=O)c1cccc(C(F)(F)F)c1)c1ccccc1. The van der Waals surface area contributed by atoms with E-state index in [4.69, 9.17) is 0 Å². The molecule has 0 spiro atoms. The molecule has 0 aromatic heterocycles. The van der Waals surface area contributed by atoms with E-state index in [2.05, 4.69) is 0 Å². The Kier molecular flexibility index (Phi) is 4.62. The molecule has 5 heteroatoms. The second kappa shape index (κ2) is 6.44. The molecular weight excluding hydrogens is 291 g/mol. The number of hydrogen-bond acceptors (Lipinski definition) is 2. The van der Waals surface area contributed by atoms with Gasteiger partial charge in [0.05, 0.1) is 17.6 Å². The summed E-state index contributed by atoms with van der Waals surface area (Å²) in [5, 5.41) is 9.18. The van der Waals surface area contributed by atoms with Crippen molar-refractivity contribution in [2.24, 2.45) is 0 Å². The van der Waals surface area contributed by atoms with Crippen LogP contribution in [-0.2, 0) is 6.18 Å². The Morgan fingerprint density at radius 3 is 2.36 bits per heavy atom. The Hall–Kier alpha value is -2.61. The molecule has 2 nitrogen and oxygen atoms in total. The van der Waals surface area contributed by atoms with E-state index < -0.39 is 23.4 Å². The summed E-state index contributed by atoms with van der Waals surface area (Å²) >= 11 is 0. The van der Waals surface area contributed by atoms with Gasteiger partial charge in [-0.1, -0.05) is 42.5 Å². The third-order valence-corrected chi connectivity index (χ3v) is 3.26. The summed E-state index contributed by atoms with van der Waals surface area (Å²) in [5.41, 5.74) is -0.233. The quantitative estimate of drug-likeness (QED) is 0.775. The van der Waals surface area contributed by atoms with Crippen LogP contribution in [0.3, 0.4) is 0 Å². The van der Waals surface area contributed by atoms with E-state index in [1.807, 2.05) is 6.07 Å². The van der Waals surface area contributed by atoms with Gasteiger partial charge in [-0.3, -0.25) is 4.79 Å². The van der Waals surface area contributed by atoms with Gasteiger partial charge >= 0.3 is 6.18 Å². The number of alkyl halides is 3. The highest BCUT2D eigenvalue weighted by molar-refractivity contribution is 5.97. The lowest BCUT2D eigenvalue weighted by molar-refractivity contribution is -0.137. The van der Waals surface area contributed by atoms with E-state index in [0.29, 0.717) is 5.56 Å². The molecule has 0 saturated carbocycles. The summed E-state index contributed by atoms with van der Waals surface area (Å²) in [6, 6.07) is 15.0.